The first kappa shape index (κ1) is 24.3. The molecule has 0 radical (unpaired) electrons. The molecule has 1 N–H and O–H groups in total. The summed E-state index contributed by atoms with van der Waals surface area (Å²) in [4.78, 5) is 27.3. The summed E-state index contributed by atoms with van der Waals surface area (Å²) in [6.45, 7) is 5.60. The van der Waals surface area contributed by atoms with E-state index < -0.39 is 6.04 Å². The minimum atomic E-state index is -0.639. The second kappa shape index (κ2) is 11.4. The van der Waals surface area contributed by atoms with Crippen molar-refractivity contribution in [2.45, 2.75) is 45.8 Å². The molecule has 0 aromatic heterocycles. The minimum absolute atomic E-state index is 0.0387. The third-order valence-electron chi connectivity index (χ3n) is 4.33. The molecule has 2 aromatic rings. The van der Waals surface area contributed by atoms with Gasteiger partial charge in [-0.3, -0.25) is 9.59 Å². The molecule has 162 valence electrons. The van der Waals surface area contributed by atoms with Crippen LogP contribution in [0.4, 0.5) is 0 Å². The van der Waals surface area contributed by atoms with Gasteiger partial charge in [0.1, 0.15) is 11.8 Å². The van der Waals surface area contributed by atoms with Crippen molar-refractivity contribution in [3.8, 4) is 5.75 Å². The molecule has 1 atom stereocenters. The van der Waals surface area contributed by atoms with Gasteiger partial charge in [0.2, 0.25) is 5.91 Å². The highest BCUT2D eigenvalue weighted by molar-refractivity contribution is 6.35. The first-order valence-corrected chi connectivity index (χ1v) is 10.8. The third-order valence-corrected chi connectivity index (χ3v) is 5.11. The number of halogens is 3. The van der Waals surface area contributed by atoms with E-state index in [1.165, 1.54) is 4.90 Å². The fourth-order valence-corrected chi connectivity index (χ4v) is 3.49. The van der Waals surface area contributed by atoms with Crippen LogP contribution in [0.5, 0.6) is 5.75 Å². The van der Waals surface area contributed by atoms with Crippen molar-refractivity contribution in [1.82, 2.24) is 10.2 Å². The van der Waals surface area contributed by atoms with Crippen molar-refractivity contribution in [3.05, 3.63) is 63.1 Å². The zero-order valence-corrected chi connectivity index (χ0v) is 19.4. The van der Waals surface area contributed by atoms with E-state index in [2.05, 4.69) is 5.32 Å². The molecule has 2 amide bonds. The first-order chi connectivity index (χ1) is 14.2. The van der Waals surface area contributed by atoms with E-state index in [9.17, 15) is 9.59 Å². The molecule has 0 saturated carbocycles. The van der Waals surface area contributed by atoms with Gasteiger partial charge < -0.3 is 15.0 Å². The van der Waals surface area contributed by atoms with E-state index >= 15 is 0 Å². The highest BCUT2D eigenvalue weighted by Crippen LogP contribution is 2.27. The fourth-order valence-electron chi connectivity index (χ4n) is 2.90. The van der Waals surface area contributed by atoms with Crippen LogP contribution >= 0.6 is 34.8 Å². The summed E-state index contributed by atoms with van der Waals surface area (Å²) in [6.07, 6.45) is 0.458. The topological polar surface area (TPSA) is 58.6 Å². The van der Waals surface area contributed by atoms with Crippen molar-refractivity contribution in [3.63, 3.8) is 0 Å². The van der Waals surface area contributed by atoms with Crippen LogP contribution < -0.4 is 10.1 Å². The van der Waals surface area contributed by atoms with Crippen LogP contribution in [0.2, 0.25) is 15.1 Å². The van der Waals surface area contributed by atoms with Gasteiger partial charge in [0.05, 0.1) is 5.02 Å². The lowest BCUT2D eigenvalue weighted by atomic mass is 10.1. The van der Waals surface area contributed by atoms with Gasteiger partial charge in [-0.1, -0.05) is 53.9 Å². The van der Waals surface area contributed by atoms with Crippen LogP contribution in [-0.4, -0.2) is 35.4 Å². The number of benzene rings is 2. The van der Waals surface area contributed by atoms with Gasteiger partial charge in [-0.25, -0.2) is 0 Å². The Morgan fingerprint density at radius 1 is 1.03 bits per heavy atom. The SMILES string of the molecule is CC[C@H](C(=O)NC(C)C)N(Cc1ccc(Cl)cc1)C(=O)COc1ccc(Cl)cc1Cl. The van der Waals surface area contributed by atoms with E-state index in [0.717, 1.165) is 5.56 Å². The smallest absolute Gasteiger partial charge is 0.261 e. The van der Waals surface area contributed by atoms with Gasteiger partial charge in [-0.15, -0.1) is 0 Å². The Hall–Kier alpha value is -1.95. The summed E-state index contributed by atoms with van der Waals surface area (Å²) in [5.74, 6) is -0.193. The Labute approximate surface area is 192 Å². The Balaban J connectivity index is 2.22. The molecule has 0 aliphatic rings. The summed E-state index contributed by atoms with van der Waals surface area (Å²) in [7, 11) is 0. The van der Waals surface area contributed by atoms with Crippen molar-refractivity contribution < 1.29 is 14.3 Å². The molecule has 0 spiro atoms. The Bertz CT molecular complexity index is 872. The number of nitrogens with zero attached hydrogens (tertiary/aromatic N) is 1. The molecule has 0 aliphatic carbocycles. The van der Waals surface area contributed by atoms with Gasteiger partial charge in [-0.05, 0) is 56.2 Å². The van der Waals surface area contributed by atoms with Crippen LogP contribution in [-0.2, 0) is 16.1 Å². The van der Waals surface area contributed by atoms with E-state index in [1.54, 1.807) is 30.3 Å². The Kier molecular flexibility index (Phi) is 9.28. The molecule has 8 heteroatoms. The molecule has 0 fully saturated rings. The van der Waals surface area contributed by atoms with Crippen molar-refractivity contribution in [2.75, 3.05) is 6.61 Å². The fraction of sp³-hybridized carbons (Fsp3) is 0.364. The lowest BCUT2D eigenvalue weighted by molar-refractivity contribution is -0.143. The first-order valence-electron chi connectivity index (χ1n) is 9.63. The van der Waals surface area contributed by atoms with E-state index in [4.69, 9.17) is 39.5 Å². The predicted octanol–water partition coefficient (Wildman–Crippen LogP) is 5.36. The van der Waals surface area contributed by atoms with Crippen molar-refractivity contribution in [2.24, 2.45) is 0 Å². The number of rotatable bonds is 9. The van der Waals surface area contributed by atoms with Gasteiger partial charge in [0, 0.05) is 22.6 Å². The maximum atomic E-state index is 13.1. The summed E-state index contributed by atoms with van der Waals surface area (Å²) in [5.41, 5.74) is 0.855. The summed E-state index contributed by atoms with van der Waals surface area (Å²) in [6, 6.07) is 11.2. The van der Waals surface area contributed by atoms with Crippen LogP contribution in [0.3, 0.4) is 0 Å². The maximum absolute atomic E-state index is 13.1. The maximum Gasteiger partial charge on any atom is 0.261 e. The van der Waals surface area contributed by atoms with E-state index in [-0.39, 0.29) is 31.0 Å². The van der Waals surface area contributed by atoms with Gasteiger partial charge in [-0.2, -0.15) is 0 Å². The molecule has 2 rings (SSSR count). The van der Waals surface area contributed by atoms with Gasteiger partial charge in [0.15, 0.2) is 6.61 Å². The lowest BCUT2D eigenvalue weighted by Crippen LogP contribution is -2.51. The minimum Gasteiger partial charge on any atom is -0.482 e. The quantitative estimate of drug-likeness (QED) is 0.536. The van der Waals surface area contributed by atoms with Crippen LogP contribution in [0.1, 0.15) is 32.8 Å². The number of carbonyl (C=O) groups is 2. The largest absolute Gasteiger partial charge is 0.482 e. The normalized spacial score (nSPS) is 11.8. The monoisotopic (exact) mass is 470 g/mol. The molecular formula is C22H25Cl3N2O3. The highest BCUT2D eigenvalue weighted by Gasteiger charge is 2.29. The third kappa shape index (κ3) is 7.08. The zero-order chi connectivity index (χ0) is 22.3. The van der Waals surface area contributed by atoms with Crippen LogP contribution in [0, 0.1) is 0 Å². The highest BCUT2D eigenvalue weighted by atomic mass is 35.5. The molecule has 2 aromatic carbocycles. The Morgan fingerprint density at radius 3 is 2.23 bits per heavy atom. The second-order valence-corrected chi connectivity index (χ2v) is 8.38. The van der Waals surface area contributed by atoms with Crippen molar-refractivity contribution in [1.29, 1.82) is 0 Å². The number of carbonyl (C=O) groups excluding carboxylic acids is 2. The van der Waals surface area contributed by atoms with E-state index in [1.807, 2.05) is 32.9 Å². The van der Waals surface area contributed by atoms with Crippen LogP contribution in [0.25, 0.3) is 0 Å². The number of hydrogen-bond acceptors (Lipinski definition) is 3. The Morgan fingerprint density at radius 2 is 1.67 bits per heavy atom. The van der Waals surface area contributed by atoms with Crippen LogP contribution in [0.15, 0.2) is 42.5 Å². The second-order valence-electron chi connectivity index (χ2n) is 7.10. The lowest BCUT2D eigenvalue weighted by Gasteiger charge is -2.31. The van der Waals surface area contributed by atoms with Crippen molar-refractivity contribution >= 4 is 46.6 Å². The van der Waals surface area contributed by atoms with Gasteiger partial charge >= 0.3 is 0 Å². The molecule has 0 aliphatic heterocycles. The van der Waals surface area contributed by atoms with E-state index in [0.29, 0.717) is 27.2 Å². The number of hydrogen-bond donors (Lipinski definition) is 1. The van der Waals surface area contributed by atoms with Gasteiger partial charge in [0.25, 0.3) is 5.91 Å². The average Bonchev–Trinajstić information content (AvgIpc) is 2.68. The summed E-state index contributed by atoms with van der Waals surface area (Å²) < 4.78 is 5.61. The molecule has 0 saturated heterocycles. The molecule has 0 bridgehead atoms. The molecular weight excluding hydrogens is 447 g/mol. The summed E-state index contributed by atoms with van der Waals surface area (Å²) >= 11 is 18.0. The molecule has 5 nitrogen and oxygen atoms in total. The molecule has 30 heavy (non-hydrogen) atoms. The summed E-state index contributed by atoms with van der Waals surface area (Å²) in [5, 5.41) is 4.26. The molecule has 0 unspecified atom stereocenters. The zero-order valence-electron chi connectivity index (χ0n) is 17.1. The molecule has 0 heterocycles. The number of nitrogens with one attached hydrogen (secondary N) is 1. The average molecular weight is 472 g/mol. The number of ether oxygens (including phenoxy) is 1. The number of amides is 2. The standard InChI is InChI=1S/C22H25Cl3N2O3/c1-4-19(22(29)26-14(2)3)27(12-15-5-7-16(23)8-6-15)21(28)13-30-20-10-9-17(24)11-18(20)25/h5-11,14,19H,4,12-13H2,1-3H3,(H,26,29)/t19-/m1/s1. The predicted molar refractivity (Wildman–Crippen MR) is 121 cm³/mol.